The van der Waals surface area contributed by atoms with Crippen molar-refractivity contribution in [3.8, 4) is 0 Å². The first-order chi connectivity index (χ1) is 9.88. The first-order valence-electron chi connectivity index (χ1n) is 6.33. The van der Waals surface area contributed by atoms with Gasteiger partial charge in [-0.3, -0.25) is 0 Å². The van der Waals surface area contributed by atoms with E-state index in [1.54, 1.807) is 42.5 Å². The molecule has 21 heavy (non-hydrogen) atoms. The minimum atomic E-state index is -3.51. The molecule has 0 aliphatic rings. The summed E-state index contributed by atoms with van der Waals surface area (Å²) in [6, 6.07) is 13.9. The van der Waals surface area contributed by atoms with E-state index in [0.717, 1.165) is 16.7 Å². The van der Waals surface area contributed by atoms with Gasteiger partial charge in [0.15, 0.2) is 0 Å². The fourth-order valence-corrected chi connectivity index (χ4v) is 3.09. The summed E-state index contributed by atoms with van der Waals surface area (Å²) >= 11 is 4.87. The van der Waals surface area contributed by atoms with Gasteiger partial charge in [-0.1, -0.05) is 48.6 Å². The quantitative estimate of drug-likeness (QED) is 0.828. The molecule has 2 aromatic rings. The molecule has 0 bridgehead atoms. The Hall–Kier alpha value is -1.76. The first-order valence-corrected chi connectivity index (χ1v) is 8.23. The zero-order valence-electron chi connectivity index (χ0n) is 11.5. The van der Waals surface area contributed by atoms with E-state index in [2.05, 4.69) is 4.72 Å². The van der Waals surface area contributed by atoms with Crippen LogP contribution in [0.5, 0.6) is 0 Å². The van der Waals surface area contributed by atoms with Gasteiger partial charge in [-0.2, -0.15) is 0 Å². The van der Waals surface area contributed by atoms with Gasteiger partial charge >= 0.3 is 0 Å². The predicted octanol–water partition coefficient (Wildman–Crippen LogP) is 2.11. The molecule has 3 N–H and O–H groups in total. The number of benzene rings is 2. The number of nitrogens with one attached hydrogen (secondary N) is 1. The number of aryl methyl sites for hydroxylation is 1. The fraction of sp³-hybridized carbons (Fsp3) is 0.133. The van der Waals surface area contributed by atoms with E-state index >= 15 is 0 Å². The highest BCUT2D eigenvalue weighted by molar-refractivity contribution is 7.89. The lowest BCUT2D eigenvalue weighted by Crippen LogP contribution is -2.23. The summed E-state index contributed by atoms with van der Waals surface area (Å²) in [5, 5.41) is 0. The van der Waals surface area contributed by atoms with Crippen molar-refractivity contribution in [2.24, 2.45) is 5.73 Å². The fourth-order valence-electron chi connectivity index (χ4n) is 1.83. The molecular weight excluding hydrogens is 304 g/mol. The van der Waals surface area contributed by atoms with Crippen molar-refractivity contribution in [2.45, 2.75) is 18.4 Å². The van der Waals surface area contributed by atoms with E-state index in [1.165, 1.54) is 0 Å². The molecule has 0 amide bonds. The van der Waals surface area contributed by atoms with E-state index < -0.39 is 10.0 Å². The number of hydrogen-bond donors (Lipinski definition) is 2. The van der Waals surface area contributed by atoms with Crippen molar-refractivity contribution in [2.75, 3.05) is 0 Å². The molecule has 6 heteroatoms. The molecule has 2 rings (SSSR count). The van der Waals surface area contributed by atoms with Crippen molar-refractivity contribution in [3.63, 3.8) is 0 Å². The minimum absolute atomic E-state index is 0.216. The molecule has 0 fully saturated rings. The summed E-state index contributed by atoms with van der Waals surface area (Å²) < 4.78 is 26.9. The summed E-state index contributed by atoms with van der Waals surface area (Å²) in [5.74, 6) is 0. The second kappa shape index (κ2) is 6.34. The minimum Gasteiger partial charge on any atom is -0.389 e. The average molecular weight is 320 g/mol. The van der Waals surface area contributed by atoms with Gasteiger partial charge in [0.25, 0.3) is 0 Å². The largest absolute Gasteiger partial charge is 0.389 e. The normalized spacial score (nSPS) is 11.3. The van der Waals surface area contributed by atoms with Gasteiger partial charge in [-0.05, 0) is 30.2 Å². The van der Waals surface area contributed by atoms with Crippen LogP contribution in [-0.2, 0) is 16.6 Å². The van der Waals surface area contributed by atoms with Crippen LogP contribution >= 0.6 is 12.2 Å². The van der Waals surface area contributed by atoms with Gasteiger partial charge in [-0.15, -0.1) is 0 Å². The van der Waals surface area contributed by atoms with Gasteiger partial charge in [-0.25, -0.2) is 13.1 Å². The number of sulfonamides is 1. The van der Waals surface area contributed by atoms with E-state index in [0.29, 0.717) is 4.99 Å². The number of thiocarbonyl (C=S) groups is 1. The molecule has 0 unspecified atom stereocenters. The zero-order valence-corrected chi connectivity index (χ0v) is 13.2. The highest BCUT2D eigenvalue weighted by atomic mass is 32.2. The Morgan fingerprint density at radius 2 is 1.86 bits per heavy atom. The molecule has 0 saturated carbocycles. The Balaban J connectivity index is 2.10. The zero-order chi connectivity index (χ0) is 15.5. The van der Waals surface area contributed by atoms with E-state index in [-0.39, 0.29) is 11.4 Å². The van der Waals surface area contributed by atoms with Gasteiger partial charge in [0.05, 0.1) is 4.90 Å². The summed E-state index contributed by atoms with van der Waals surface area (Å²) in [6.45, 7) is 2.07. The smallest absolute Gasteiger partial charge is 0.240 e. The van der Waals surface area contributed by atoms with Crippen LogP contribution in [0.4, 0.5) is 0 Å². The van der Waals surface area contributed by atoms with Crippen molar-refractivity contribution in [3.05, 3.63) is 65.2 Å². The van der Waals surface area contributed by atoms with E-state index in [1.807, 2.05) is 13.0 Å². The third-order valence-corrected chi connectivity index (χ3v) is 4.64. The van der Waals surface area contributed by atoms with Crippen LogP contribution in [0.1, 0.15) is 16.7 Å². The molecule has 0 saturated heterocycles. The maximum atomic E-state index is 12.2. The highest BCUT2D eigenvalue weighted by Gasteiger charge is 2.13. The highest BCUT2D eigenvalue weighted by Crippen LogP contribution is 2.12. The lowest BCUT2D eigenvalue weighted by Gasteiger charge is -2.08. The maximum absolute atomic E-state index is 12.2. The van der Waals surface area contributed by atoms with Crippen LogP contribution < -0.4 is 10.5 Å². The number of nitrogens with two attached hydrogens (primary N) is 1. The van der Waals surface area contributed by atoms with Crippen molar-refractivity contribution in [1.82, 2.24) is 4.72 Å². The Labute approximate surface area is 130 Å². The molecule has 0 radical (unpaired) electrons. The van der Waals surface area contributed by atoms with Crippen LogP contribution in [0, 0.1) is 6.92 Å². The molecule has 0 aromatic heterocycles. The van der Waals surface area contributed by atoms with Crippen LogP contribution in [0.25, 0.3) is 0 Å². The second-order valence-corrected chi connectivity index (χ2v) is 6.91. The van der Waals surface area contributed by atoms with Crippen LogP contribution in [0.3, 0.4) is 0 Å². The van der Waals surface area contributed by atoms with Crippen molar-refractivity contribution < 1.29 is 8.42 Å². The lowest BCUT2D eigenvalue weighted by atomic mass is 10.1. The van der Waals surface area contributed by atoms with Gasteiger partial charge in [0.2, 0.25) is 10.0 Å². The SMILES string of the molecule is Cc1cccc(S(=O)(=O)NCc2ccc(C(N)=S)cc2)c1. The molecule has 0 aliphatic heterocycles. The monoisotopic (exact) mass is 320 g/mol. The molecular formula is C15H16N2O2S2. The third-order valence-electron chi connectivity index (χ3n) is 3.00. The van der Waals surface area contributed by atoms with E-state index in [4.69, 9.17) is 18.0 Å². The summed E-state index contributed by atoms with van der Waals surface area (Å²) in [4.78, 5) is 0.587. The molecule has 0 aliphatic carbocycles. The summed E-state index contributed by atoms with van der Waals surface area (Å²) in [5.41, 5.74) is 8.02. The number of hydrogen-bond acceptors (Lipinski definition) is 3. The lowest BCUT2D eigenvalue weighted by molar-refractivity contribution is 0.581. The predicted molar refractivity (Wildman–Crippen MR) is 87.5 cm³/mol. The average Bonchev–Trinajstić information content (AvgIpc) is 2.45. The Morgan fingerprint density at radius 1 is 1.19 bits per heavy atom. The maximum Gasteiger partial charge on any atom is 0.240 e. The van der Waals surface area contributed by atoms with Crippen molar-refractivity contribution >= 4 is 27.2 Å². The molecule has 4 nitrogen and oxygen atoms in total. The first kappa shape index (κ1) is 15.6. The van der Waals surface area contributed by atoms with Gasteiger partial charge in [0, 0.05) is 12.1 Å². The van der Waals surface area contributed by atoms with E-state index in [9.17, 15) is 8.42 Å². The summed E-state index contributed by atoms with van der Waals surface area (Å²) in [6.07, 6.45) is 0. The molecule has 0 heterocycles. The third kappa shape index (κ3) is 4.10. The Morgan fingerprint density at radius 3 is 2.43 bits per heavy atom. The molecule has 2 aromatic carbocycles. The molecule has 0 spiro atoms. The number of rotatable bonds is 5. The van der Waals surface area contributed by atoms with Crippen molar-refractivity contribution in [1.29, 1.82) is 0 Å². The molecule has 0 atom stereocenters. The Kier molecular flexibility index (Phi) is 4.72. The standard InChI is InChI=1S/C15H16N2O2S2/c1-11-3-2-4-14(9-11)21(18,19)17-10-12-5-7-13(8-6-12)15(16)20/h2-9,17H,10H2,1H3,(H2,16,20). The second-order valence-electron chi connectivity index (χ2n) is 4.70. The Bertz CT molecular complexity index is 753. The topological polar surface area (TPSA) is 72.2 Å². The summed E-state index contributed by atoms with van der Waals surface area (Å²) in [7, 11) is -3.51. The van der Waals surface area contributed by atoms with Crippen LogP contribution in [0.15, 0.2) is 53.4 Å². The van der Waals surface area contributed by atoms with Gasteiger partial charge < -0.3 is 5.73 Å². The van der Waals surface area contributed by atoms with Gasteiger partial charge in [0.1, 0.15) is 4.99 Å². The van der Waals surface area contributed by atoms with Crippen LogP contribution in [-0.4, -0.2) is 13.4 Å². The molecule has 110 valence electrons. The van der Waals surface area contributed by atoms with Crippen LogP contribution in [0.2, 0.25) is 0 Å².